The summed E-state index contributed by atoms with van der Waals surface area (Å²) in [6, 6.07) is 19.0. The molecule has 9 heteroatoms. The van der Waals surface area contributed by atoms with Crippen LogP contribution in [0, 0.1) is 0 Å². The molecule has 3 heterocycles. The number of aromatic nitrogens is 2. The van der Waals surface area contributed by atoms with Crippen molar-refractivity contribution in [3.63, 3.8) is 0 Å². The molecule has 0 fully saturated rings. The van der Waals surface area contributed by atoms with Gasteiger partial charge in [0, 0.05) is 22.6 Å². The molecule has 1 aliphatic heterocycles. The van der Waals surface area contributed by atoms with E-state index < -0.39 is 11.5 Å². The van der Waals surface area contributed by atoms with Gasteiger partial charge in [-0.3, -0.25) is 0 Å². The Labute approximate surface area is 204 Å². The molecule has 1 unspecified atom stereocenters. The largest absolute Gasteiger partial charge is 0.504 e. The highest BCUT2D eigenvalue weighted by Gasteiger charge is 2.37. The minimum absolute atomic E-state index is 0.00728. The van der Waals surface area contributed by atoms with Gasteiger partial charge in [0.15, 0.2) is 11.5 Å². The molecule has 5 aromatic rings. The molecule has 6 rings (SSSR count). The maximum absolute atomic E-state index is 13.0. The number of aromatic hydroxyl groups is 2. The lowest BCUT2D eigenvalue weighted by Crippen LogP contribution is -2.20. The van der Waals surface area contributed by atoms with Crippen LogP contribution in [0.15, 0.2) is 82.3 Å². The number of ether oxygens (including phenoxy) is 2. The topological polar surface area (TPSA) is 127 Å². The van der Waals surface area contributed by atoms with E-state index in [1.54, 1.807) is 25.3 Å². The van der Waals surface area contributed by atoms with Gasteiger partial charge in [-0.25, -0.2) is 14.8 Å². The Bertz CT molecular complexity index is 1680. The van der Waals surface area contributed by atoms with Crippen LogP contribution in [0.3, 0.4) is 0 Å². The van der Waals surface area contributed by atoms with Crippen molar-refractivity contribution < 1.29 is 24.1 Å². The van der Waals surface area contributed by atoms with Crippen LogP contribution in [0.1, 0.15) is 22.6 Å². The van der Waals surface area contributed by atoms with Crippen molar-refractivity contribution in [2.45, 2.75) is 5.92 Å². The molecule has 36 heavy (non-hydrogen) atoms. The first-order chi connectivity index (χ1) is 17.5. The number of phenolic OH excluding ortho intramolecular Hbond substituents is 2. The minimum Gasteiger partial charge on any atom is -0.504 e. The Hall–Kier alpha value is -5.05. The number of anilines is 2. The van der Waals surface area contributed by atoms with Crippen LogP contribution < -0.4 is 20.4 Å². The molecule has 0 aliphatic carbocycles. The third kappa shape index (κ3) is 3.45. The fourth-order valence-corrected chi connectivity index (χ4v) is 4.47. The van der Waals surface area contributed by atoms with E-state index in [0.717, 1.165) is 5.69 Å². The van der Waals surface area contributed by atoms with E-state index in [2.05, 4.69) is 15.3 Å². The Balaban J connectivity index is 1.62. The SMILES string of the molecule is COc1ccc(Nc2ncnc3c2C(c2ccc(O)c(O)c2)c2c(c(=O)oc4ccccc24)O3)cc1. The molecule has 1 atom stereocenters. The molecule has 0 bridgehead atoms. The summed E-state index contributed by atoms with van der Waals surface area (Å²) in [5.41, 5.74) is 2.19. The quantitative estimate of drug-likeness (QED) is 0.235. The van der Waals surface area contributed by atoms with Crippen LogP contribution >= 0.6 is 0 Å². The molecule has 1 aliphatic rings. The van der Waals surface area contributed by atoms with E-state index in [-0.39, 0.29) is 23.1 Å². The average molecular weight is 481 g/mol. The number of fused-ring (bicyclic) bond motifs is 4. The molecule has 0 amide bonds. The molecule has 0 saturated carbocycles. The van der Waals surface area contributed by atoms with Gasteiger partial charge in [0.1, 0.15) is 23.5 Å². The number of methoxy groups -OCH3 is 1. The van der Waals surface area contributed by atoms with Gasteiger partial charge in [0.2, 0.25) is 11.6 Å². The summed E-state index contributed by atoms with van der Waals surface area (Å²) in [5, 5.41) is 24.2. The number of hydrogen-bond acceptors (Lipinski definition) is 9. The van der Waals surface area contributed by atoms with Crippen molar-refractivity contribution in [1.29, 1.82) is 0 Å². The highest BCUT2D eigenvalue weighted by atomic mass is 16.5. The highest BCUT2D eigenvalue weighted by Crippen LogP contribution is 2.51. The fraction of sp³-hybridized carbons (Fsp3) is 0.0741. The maximum Gasteiger partial charge on any atom is 0.380 e. The van der Waals surface area contributed by atoms with E-state index in [0.29, 0.717) is 39.2 Å². The van der Waals surface area contributed by atoms with Gasteiger partial charge in [0.25, 0.3) is 0 Å². The molecule has 0 radical (unpaired) electrons. The molecular weight excluding hydrogens is 462 g/mol. The van der Waals surface area contributed by atoms with Crippen molar-refractivity contribution in [1.82, 2.24) is 9.97 Å². The molecule has 3 N–H and O–H groups in total. The van der Waals surface area contributed by atoms with Gasteiger partial charge in [0.05, 0.1) is 12.7 Å². The summed E-state index contributed by atoms with van der Waals surface area (Å²) < 4.78 is 16.8. The van der Waals surface area contributed by atoms with Gasteiger partial charge < -0.3 is 29.4 Å². The second kappa shape index (κ2) is 8.31. The van der Waals surface area contributed by atoms with E-state index in [1.165, 1.54) is 18.5 Å². The zero-order valence-corrected chi connectivity index (χ0v) is 18.9. The Morgan fingerprint density at radius 1 is 0.944 bits per heavy atom. The number of nitrogens with one attached hydrogen (secondary N) is 1. The van der Waals surface area contributed by atoms with Gasteiger partial charge in [-0.05, 0) is 48.0 Å². The summed E-state index contributed by atoms with van der Waals surface area (Å²) >= 11 is 0. The minimum atomic E-state index is -0.648. The smallest absolute Gasteiger partial charge is 0.380 e. The molecule has 3 aromatic carbocycles. The third-order valence-corrected chi connectivity index (χ3v) is 6.12. The van der Waals surface area contributed by atoms with Crippen LogP contribution in [0.4, 0.5) is 11.5 Å². The first kappa shape index (κ1) is 21.5. The predicted molar refractivity (Wildman–Crippen MR) is 132 cm³/mol. The number of phenols is 2. The average Bonchev–Trinajstić information content (AvgIpc) is 2.90. The van der Waals surface area contributed by atoms with Gasteiger partial charge in [-0.1, -0.05) is 24.3 Å². The van der Waals surface area contributed by atoms with E-state index >= 15 is 0 Å². The van der Waals surface area contributed by atoms with Gasteiger partial charge >= 0.3 is 5.63 Å². The van der Waals surface area contributed by atoms with E-state index in [9.17, 15) is 15.0 Å². The van der Waals surface area contributed by atoms with Crippen LogP contribution in [0.2, 0.25) is 0 Å². The lowest BCUT2D eigenvalue weighted by atomic mass is 9.82. The maximum atomic E-state index is 13.0. The summed E-state index contributed by atoms with van der Waals surface area (Å²) in [7, 11) is 1.59. The second-order valence-corrected chi connectivity index (χ2v) is 8.21. The van der Waals surface area contributed by atoms with Crippen LogP contribution in [0.25, 0.3) is 11.0 Å². The molecule has 9 nitrogen and oxygen atoms in total. The highest BCUT2D eigenvalue weighted by molar-refractivity contribution is 5.86. The number of benzene rings is 3. The monoisotopic (exact) mass is 481 g/mol. The normalized spacial score (nSPS) is 14.0. The number of rotatable bonds is 4. The standard InChI is InChI=1S/C27H19N3O6/c1-34-16-9-7-15(8-10-16)30-25-23-21(14-6-11-18(31)19(32)12-14)22-17-4-2-3-5-20(17)35-27(33)24(22)36-26(23)29-13-28-25/h2-13,21,31-32H,1H3,(H,28,29,30). The predicted octanol–water partition coefficient (Wildman–Crippen LogP) is 5.03. The van der Waals surface area contributed by atoms with E-state index in [4.69, 9.17) is 13.9 Å². The number of nitrogens with zero attached hydrogens (tertiary/aromatic N) is 2. The molecule has 0 saturated heterocycles. The van der Waals surface area contributed by atoms with Crippen LogP contribution in [-0.2, 0) is 0 Å². The van der Waals surface area contributed by atoms with Crippen molar-refractivity contribution in [2.75, 3.05) is 12.4 Å². The second-order valence-electron chi connectivity index (χ2n) is 8.21. The Kier molecular flexibility index (Phi) is 4.96. The van der Waals surface area contributed by atoms with Crippen molar-refractivity contribution in [2.24, 2.45) is 0 Å². The van der Waals surface area contributed by atoms with Gasteiger partial charge in [-0.2, -0.15) is 0 Å². The van der Waals surface area contributed by atoms with Crippen molar-refractivity contribution in [3.8, 4) is 28.9 Å². The lowest BCUT2D eigenvalue weighted by molar-refractivity contribution is 0.396. The van der Waals surface area contributed by atoms with Crippen LogP contribution in [0.5, 0.6) is 28.9 Å². The molecule has 178 valence electrons. The summed E-state index contributed by atoms with van der Waals surface area (Å²) in [6.45, 7) is 0. The zero-order chi connectivity index (χ0) is 24.8. The van der Waals surface area contributed by atoms with Crippen LogP contribution in [-0.4, -0.2) is 27.3 Å². The van der Waals surface area contributed by atoms with Crippen molar-refractivity contribution in [3.05, 3.63) is 100 Å². The lowest BCUT2D eigenvalue weighted by Gasteiger charge is -2.29. The first-order valence-electron chi connectivity index (χ1n) is 11.0. The summed E-state index contributed by atoms with van der Waals surface area (Å²) in [6.07, 6.45) is 1.34. The third-order valence-electron chi connectivity index (χ3n) is 6.12. The summed E-state index contributed by atoms with van der Waals surface area (Å²) in [5.74, 6) is 0.150. The Morgan fingerprint density at radius 3 is 2.53 bits per heavy atom. The van der Waals surface area contributed by atoms with Crippen molar-refractivity contribution >= 4 is 22.5 Å². The fourth-order valence-electron chi connectivity index (χ4n) is 4.47. The molecule has 2 aromatic heterocycles. The first-order valence-corrected chi connectivity index (χ1v) is 11.0. The van der Waals surface area contributed by atoms with Gasteiger partial charge in [-0.15, -0.1) is 0 Å². The molecule has 0 spiro atoms. The Morgan fingerprint density at radius 2 is 1.75 bits per heavy atom. The number of hydrogen-bond donors (Lipinski definition) is 3. The number of para-hydroxylation sites is 1. The molecular formula is C27H19N3O6. The zero-order valence-electron chi connectivity index (χ0n) is 18.9. The van der Waals surface area contributed by atoms with E-state index in [1.807, 2.05) is 36.4 Å². The summed E-state index contributed by atoms with van der Waals surface area (Å²) in [4.78, 5) is 21.7.